The number of piperazine rings is 1. The van der Waals surface area contributed by atoms with Crippen molar-refractivity contribution in [2.45, 2.75) is 25.7 Å². The summed E-state index contributed by atoms with van der Waals surface area (Å²) in [5.74, 6) is 2.14. The lowest BCUT2D eigenvalue weighted by atomic mass is 9.88. The van der Waals surface area contributed by atoms with Crippen molar-refractivity contribution in [1.29, 1.82) is 0 Å². The molecule has 1 saturated heterocycles. The van der Waals surface area contributed by atoms with E-state index in [1.54, 1.807) is 0 Å². The molecule has 3 rings (SSSR count). The zero-order valence-corrected chi connectivity index (χ0v) is 10.7. The standard InChI is InChI=1S/C13H23N3O/c1-15-4-6-16(7-5-15)14-13(17)12-9-10-2-3-11(12)8-10/h10-12H,2-9H2,1H3,(H,14,17)/t10-,11+,12-/m0/s1. The van der Waals surface area contributed by atoms with E-state index in [0.717, 1.165) is 38.5 Å². The van der Waals surface area contributed by atoms with Crippen LogP contribution in [0.15, 0.2) is 0 Å². The molecule has 3 atom stereocenters. The first-order valence-electron chi connectivity index (χ1n) is 6.96. The van der Waals surface area contributed by atoms with Crippen molar-refractivity contribution < 1.29 is 4.79 Å². The molecule has 4 heteroatoms. The Hall–Kier alpha value is -0.610. The van der Waals surface area contributed by atoms with E-state index in [-0.39, 0.29) is 0 Å². The molecule has 96 valence electrons. The van der Waals surface area contributed by atoms with Crippen LogP contribution in [-0.4, -0.2) is 49.0 Å². The van der Waals surface area contributed by atoms with Gasteiger partial charge in [0, 0.05) is 32.1 Å². The van der Waals surface area contributed by atoms with Crippen molar-refractivity contribution in [2.75, 3.05) is 33.2 Å². The van der Waals surface area contributed by atoms with Crippen molar-refractivity contribution in [3.05, 3.63) is 0 Å². The van der Waals surface area contributed by atoms with Gasteiger partial charge in [-0.25, -0.2) is 5.01 Å². The van der Waals surface area contributed by atoms with E-state index in [9.17, 15) is 4.79 Å². The number of hydrogen-bond acceptors (Lipinski definition) is 3. The minimum Gasteiger partial charge on any atom is -0.304 e. The maximum Gasteiger partial charge on any atom is 0.237 e. The van der Waals surface area contributed by atoms with E-state index in [0.29, 0.717) is 17.7 Å². The summed E-state index contributed by atoms with van der Waals surface area (Å²) >= 11 is 0. The Morgan fingerprint density at radius 2 is 1.88 bits per heavy atom. The van der Waals surface area contributed by atoms with Gasteiger partial charge in [-0.3, -0.25) is 10.2 Å². The molecule has 2 aliphatic carbocycles. The van der Waals surface area contributed by atoms with E-state index in [1.807, 2.05) is 0 Å². The molecule has 1 aliphatic heterocycles. The SMILES string of the molecule is CN1CCN(NC(=O)[C@H]2C[C@H]3CC[C@@H]2C3)CC1. The molecule has 0 aromatic heterocycles. The van der Waals surface area contributed by atoms with Gasteiger partial charge in [0.2, 0.25) is 5.91 Å². The van der Waals surface area contributed by atoms with Crippen LogP contribution in [0.3, 0.4) is 0 Å². The molecular formula is C13H23N3O. The summed E-state index contributed by atoms with van der Waals surface area (Å²) in [4.78, 5) is 14.5. The molecule has 0 aromatic carbocycles. The molecule has 0 radical (unpaired) electrons. The Labute approximate surface area is 103 Å². The summed E-state index contributed by atoms with van der Waals surface area (Å²) in [5.41, 5.74) is 3.13. The third kappa shape index (κ3) is 2.33. The zero-order chi connectivity index (χ0) is 11.8. The average Bonchev–Trinajstić information content (AvgIpc) is 2.94. The van der Waals surface area contributed by atoms with E-state index in [1.165, 1.54) is 19.3 Å². The minimum absolute atomic E-state index is 0.293. The Morgan fingerprint density at radius 3 is 2.47 bits per heavy atom. The third-order valence-corrected chi connectivity index (χ3v) is 4.85. The van der Waals surface area contributed by atoms with Crippen LogP contribution in [0.25, 0.3) is 0 Å². The molecule has 0 spiro atoms. The van der Waals surface area contributed by atoms with Crippen molar-refractivity contribution in [2.24, 2.45) is 17.8 Å². The van der Waals surface area contributed by atoms with Gasteiger partial charge in [0.1, 0.15) is 0 Å². The number of carbonyl (C=O) groups is 1. The van der Waals surface area contributed by atoms with Gasteiger partial charge in [-0.1, -0.05) is 6.42 Å². The zero-order valence-electron chi connectivity index (χ0n) is 10.7. The Kier molecular flexibility index (Phi) is 3.09. The summed E-state index contributed by atoms with van der Waals surface area (Å²) in [5, 5.41) is 2.11. The van der Waals surface area contributed by atoms with Gasteiger partial charge in [0.05, 0.1) is 0 Å². The number of rotatable bonds is 2. The first-order valence-corrected chi connectivity index (χ1v) is 6.96. The fourth-order valence-corrected chi connectivity index (χ4v) is 3.72. The number of carbonyl (C=O) groups excluding carboxylic acids is 1. The summed E-state index contributed by atoms with van der Waals surface area (Å²) in [6.45, 7) is 4.03. The monoisotopic (exact) mass is 237 g/mol. The molecule has 1 N–H and O–H groups in total. The van der Waals surface area contributed by atoms with Gasteiger partial charge in [-0.05, 0) is 38.1 Å². The highest BCUT2D eigenvalue weighted by Crippen LogP contribution is 2.48. The number of hydrogen-bond donors (Lipinski definition) is 1. The number of likely N-dealkylation sites (N-methyl/N-ethyl adjacent to an activating group) is 1. The van der Waals surface area contributed by atoms with E-state index in [4.69, 9.17) is 0 Å². The highest BCUT2D eigenvalue weighted by molar-refractivity contribution is 5.79. The quantitative estimate of drug-likeness (QED) is 0.768. The molecule has 0 aromatic rings. The van der Waals surface area contributed by atoms with Gasteiger partial charge in [-0.15, -0.1) is 0 Å². The van der Waals surface area contributed by atoms with Crippen LogP contribution in [0.4, 0.5) is 0 Å². The largest absolute Gasteiger partial charge is 0.304 e. The fourth-order valence-electron chi connectivity index (χ4n) is 3.72. The van der Waals surface area contributed by atoms with Crippen LogP contribution in [0.1, 0.15) is 25.7 Å². The highest BCUT2D eigenvalue weighted by atomic mass is 16.2. The molecule has 1 amide bonds. The number of fused-ring (bicyclic) bond motifs is 2. The Bertz CT molecular complexity index is 299. The maximum absolute atomic E-state index is 12.2. The van der Waals surface area contributed by atoms with E-state index < -0.39 is 0 Å². The molecule has 0 unspecified atom stereocenters. The Balaban J connectivity index is 1.50. The van der Waals surface area contributed by atoms with Crippen molar-refractivity contribution in [3.8, 4) is 0 Å². The highest BCUT2D eigenvalue weighted by Gasteiger charge is 2.43. The summed E-state index contributed by atoms with van der Waals surface area (Å²) in [6.07, 6.45) is 5.10. The maximum atomic E-state index is 12.2. The molecule has 2 bridgehead atoms. The van der Waals surface area contributed by atoms with Gasteiger partial charge < -0.3 is 4.90 Å². The van der Waals surface area contributed by atoms with Crippen LogP contribution >= 0.6 is 0 Å². The number of nitrogens with one attached hydrogen (secondary N) is 1. The lowest BCUT2D eigenvalue weighted by Crippen LogP contribution is -2.54. The predicted molar refractivity (Wildman–Crippen MR) is 66.2 cm³/mol. The summed E-state index contributed by atoms with van der Waals surface area (Å²) in [6, 6.07) is 0. The molecule has 3 aliphatic rings. The lowest BCUT2D eigenvalue weighted by molar-refractivity contribution is -0.132. The van der Waals surface area contributed by atoms with Crippen LogP contribution in [0.5, 0.6) is 0 Å². The number of amides is 1. The second kappa shape index (κ2) is 4.58. The third-order valence-electron chi connectivity index (χ3n) is 4.85. The van der Waals surface area contributed by atoms with Crippen LogP contribution < -0.4 is 5.43 Å². The number of hydrazine groups is 1. The molecule has 3 fully saturated rings. The first kappa shape index (κ1) is 11.5. The number of nitrogens with zero attached hydrogens (tertiary/aromatic N) is 2. The van der Waals surface area contributed by atoms with E-state index in [2.05, 4.69) is 22.4 Å². The van der Waals surface area contributed by atoms with E-state index >= 15 is 0 Å². The topological polar surface area (TPSA) is 35.6 Å². The second-order valence-electron chi connectivity index (χ2n) is 6.05. The first-order chi connectivity index (χ1) is 8.22. The molecule has 17 heavy (non-hydrogen) atoms. The van der Waals surface area contributed by atoms with Crippen molar-refractivity contribution >= 4 is 5.91 Å². The lowest BCUT2D eigenvalue weighted by Gasteiger charge is -2.33. The smallest absolute Gasteiger partial charge is 0.237 e. The van der Waals surface area contributed by atoms with Crippen molar-refractivity contribution in [3.63, 3.8) is 0 Å². The van der Waals surface area contributed by atoms with Gasteiger partial charge >= 0.3 is 0 Å². The normalized spacial score (nSPS) is 38.5. The fraction of sp³-hybridized carbons (Fsp3) is 0.923. The molecule has 2 saturated carbocycles. The predicted octanol–water partition coefficient (Wildman–Crippen LogP) is 0.701. The van der Waals surface area contributed by atoms with Crippen LogP contribution in [0.2, 0.25) is 0 Å². The Morgan fingerprint density at radius 1 is 1.12 bits per heavy atom. The van der Waals surface area contributed by atoms with Crippen LogP contribution in [-0.2, 0) is 4.79 Å². The van der Waals surface area contributed by atoms with Gasteiger partial charge in [0.25, 0.3) is 0 Å². The van der Waals surface area contributed by atoms with Crippen LogP contribution in [0, 0.1) is 17.8 Å². The van der Waals surface area contributed by atoms with Gasteiger partial charge in [-0.2, -0.15) is 0 Å². The summed E-state index contributed by atoms with van der Waals surface area (Å²) in [7, 11) is 2.13. The second-order valence-corrected chi connectivity index (χ2v) is 6.05. The minimum atomic E-state index is 0.293. The molecule has 1 heterocycles. The summed E-state index contributed by atoms with van der Waals surface area (Å²) < 4.78 is 0. The molecular weight excluding hydrogens is 214 g/mol. The van der Waals surface area contributed by atoms with Crippen molar-refractivity contribution in [1.82, 2.24) is 15.3 Å². The average molecular weight is 237 g/mol. The molecule has 4 nitrogen and oxygen atoms in total. The van der Waals surface area contributed by atoms with Gasteiger partial charge in [0.15, 0.2) is 0 Å².